The van der Waals surface area contributed by atoms with E-state index in [0.29, 0.717) is 12.8 Å². The molecule has 0 bridgehead atoms. The molecular weight excluding hydrogens is 300 g/mol. The van der Waals surface area contributed by atoms with Crippen molar-refractivity contribution in [2.45, 2.75) is 12.8 Å². The van der Waals surface area contributed by atoms with E-state index in [2.05, 4.69) is 9.88 Å². The van der Waals surface area contributed by atoms with Gasteiger partial charge < -0.3 is 14.7 Å². The van der Waals surface area contributed by atoms with Crippen LogP contribution in [0.25, 0.3) is 11.3 Å². The molecule has 0 saturated carbocycles. The van der Waals surface area contributed by atoms with Gasteiger partial charge in [-0.2, -0.15) is 0 Å². The van der Waals surface area contributed by atoms with Gasteiger partial charge in [0.2, 0.25) is 0 Å². The molecule has 2 heterocycles. The van der Waals surface area contributed by atoms with Gasteiger partial charge in [-0.3, -0.25) is 4.79 Å². The normalized spacial score (nSPS) is 15.8. The van der Waals surface area contributed by atoms with E-state index in [-0.39, 0.29) is 5.92 Å². The Labute approximate surface area is 133 Å². The molecule has 0 radical (unpaired) electrons. The fourth-order valence-electron chi connectivity index (χ4n) is 2.62. The molecule has 1 N–H and O–H groups in total. The van der Waals surface area contributed by atoms with Crippen LogP contribution in [0.4, 0.5) is 5.13 Å². The summed E-state index contributed by atoms with van der Waals surface area (Å²) in [5, 5.41) is 12.1. The average Bonchev–Trinajstić information content (AvgIpc) is 3.05. The molecular formula is C16H18N2O3S. The van der Waals surface area contributed by atoms with Gasteiger partial charge in [0, 0.05) is 24.0 Å². The van der Waals surface area contributed by atoms with Crippen molar-refractivity contribution in [2.75, 3.05) is 25.1 Å². The highest BCUT2D eigenvalue weighted by molar-refractivity contribution is 7.14. The first-order valence-corrected chi connectivity index (χ1v) is 8.13. The van der Waals surface area contributed by atoms with Gasteiger partial charge in [-0.1, -0.05) is 0 Å². The van der Waals surface area contributed by atoms with Crippen LogP contribution in [0.15, 0.2) is 29.6 Å². The average molecular weight is 318 g/mol. The molecule has 3 rings (SSSR count). The number of anilines is 1. The molecule has 1 aliphatic heterocycles. The maximum absolute atomic E-state index is 11.0. The standard InChI is InChI=1S/C16H18N2O3S/c1-21-13-4-2-11(3-5-13)14-10-22-16(17-14)18-8-6-12(7-9-18)15(19)20/h2-5,10,12H,6-9H2,1H3,(H,19,20). The summed E-state index contributed by atoms with van der Waals surface area (Å²) in [6, 6.07) is 7.84. The van der Waals surface area contributed by atoms with Gasteiger partial charge in [-0.25, -0.2) is 4.98 Å². The third kappa shape index (κ3) is 3.06. The third-order valence-electron chi connectivity index (χ3n) is 3.99. The number of thiazole rings is 1. The lowest BCUT2D eigenvalue weighted by molar-refractivity contribution is -0.142. The fraction of sp³-hybridized carbons (Fsp3) is 0.375. The van der Waals surface area contributed by atoms with Gasteiger partial charge in [0.05, 0.1) is 18.7 Å². The van der Waals surface area contributed by atoms with E-state index in [1.54, 1.807) is 18.4 Å². The van der Waals surface area contributed by atoms with E-state index in [4.69, 9.17) is 9.84 Å². The second-order valence-corrected chi connectivity index (χ2v) is 6.18. The largest absolute Gasteiger partial charge is 0.497 e. The van der Waals surface area contributed by atoms with Crippen molar-refractivity contribution >= 4 is 22.4 Å². The van der Waals surface area contributed by atoms with Crippen LogP contribution >= 0.6 is 11.3 Å². The van der Waals surface area contributed by atoms with Gasteiger partial charge in [0.1, 0.15) is 5.75 Å². The predicted molar refractivity (Wildman–Crippen MR) is 86.7 cm³/mol. The smallest absolute Gasteiger partial charge is 0.306 e. The molecule has 1 aromatic carbocycles. The number of hydrogen-bond donors (Lipinski definition) is 1. The summed E-state index contributed by atoms with van der Waals surface area (Å²) in [4.78, 5) is 17.9. The van der Waals surface area contributed by atoms with E-state index >= 15 is 0 Å². The van der Waals surface area contributed by atoms with Crippen LogP contribution in [0.1, 0.15) is 12.8 Å². The molecule has 2 aromatic rings. The number of carbonyl (C=O) groups is 1. The first kappa shape index (κ1) is 14.8. The van der Waals surface area contributed by atoms with Crippen molar-refractivity contribution in [1.82, 2.24) is 4.98 Å². The number of piperidine rings is 1. The topological polar surface area (TPSA) is 62.7 Å². The lowest BCUT2D eigenvalue weighted by Gasteiger charge is -2.29. The maximum Gasteiger partial charge on any atom is 0.306 e. The molecule has 1 aliphatic rings. The molecule has 1 aromatic heterocycles. The van der Waals surface area contributed by atoms with Gasteiger partial charge >= 0.3 is 5.97 Å². The van der Waals surface area contributed by atoms with Crippen molar-refractivity contribution < 1.29 is 14.6 Å². The number of rotatable bonds is 4. The van der Waals surface area contributed by atoms with Crippen molar-refractivity contribution in [3.8, 4) is 17.0 Å². The van der Waals surface area contributed by atoms with E-state index in [0.717, 1.165) is 35.2 Å². The minimum atomic E-state index is -0.683. The Balaban J connectivity index is 1.70. The number of carboxylic acid groups (broad SMARTS) is 1. The molecule has 22 heavy (non-hydrogen) atoms. The summed E-state index contributed by atoms with van der Waals surface area (Å²) in [5.74, 6) is -0.0649. The molecule has 0 spiro atoms. The molecule has 5 nitrogen and oxygen atoms in total. The number of benzene rings is 1. The fourth-order valence-corrected chi connectivity index (χ4v) is 3.51. The number of nitrogens with zero attached hydrogens (tertiary/aromatic N) is 2. The number of carboxylic acids is 1. The van der Waals surface area contributed by atoms with Gasteiger partial charge in [-0.15, -0.1) is 11.3 Å². The Morgan fingerprint density at radius 1 is 1.32 bits per heavy atom. The zero-order chi connectivity index (χ0) is 15.5. The Morgan fingerprint density at radius 2 is 2.00 bits per heavy atom. The van der Waals surface area contributed by atoms with E-state index in [1.807, 2.05) is 29.6 Å². The molecule has 0 atom stereocenters. The van der Waals surface area contributed by atoms with Crippen LogP contribution in [0.3, 0.4) is 0 Å². The van der Waals surface area contributed by atoms with E-state index in [9.17, 15) is 4.79 Å². The highest BCUT2D eigenvalue weighted by Gasteiger charge is 2.25. The number of ether oxygens (including phenoxy) is 1. The third-order valence-corrected chi connectivity index (χ3v) is 4.89. The van der Waals surface area contributed by atoms with Crippen molar-refractivity contribution in [3.05, 3.63) is 29.6 Å². The predicted octanol–water partition coefficient (Wildman–Crippen LogP) is 3.12. The van der Waals surface area contributed by atoms with E-state index < -0.39 is 5.97 Å². The highest BCUT2D eigenvalue weighted by Crippen LogP contribution is 2.31. The second kappa shape index (κ2) is 6.36. The Bertz CT molecular complexity index is 646. The monoisotopic (exact) mass is 318 g/mol. The summed E-state index contributed by atoms with van der Waals surface area (Å²) in [6.45, 7) is 1.51. The maximum atomic E-state index is 11.0. The molecule has 0 aliphatic carbocycles. The second-order valence-electron chi connectivity index (χ2n) is 5.34. The molecule has 0 unspecified atom stereocenters. The van der Waals surface area contributed by atoms with Crippen molar-refractivity contribution in [3.63, 3.8) is 0 Å². The number of aromatic nitrogens is 1. The highest BCUT2D eigenvalue weighted by atomic mass is 32.1. The lowest BCUT2D eigenvalue weighted by atomic mass is 9.98. The minimum absolute atomic E-state index is 0.211. The molecule has 1 fully saturated rings. The zero-order valence-corrected chi connectivity index (χ0v) is 13.2. The van der Waals surface area contributed by atoms with Crippen molar-refractivity contribution in [1.29, 1.82) is 0 Å². The van der Waals surface area contributed by atoms with Crippen LogP contribution in [0.5, 0.6) is 5.75 Å². The van der Waals surface area contributed by atoms with Crippen LogP contribution in [0, 0.1) is 5.92 Å². The zero-order valence-electron chi connectivity index (χ0n) is 12.4. The van der Waals surface area contributed by atoms with Crippen LogP contribution in [-0.4, -0.2) is 36.3 Å². The summed E-state index contributed by atoms with van der Waals surface area (Å²) in [6.07, 6.45) is 1.37. The number of aliphatic carboxylic acids is 1. The SMILES string of the molecule is COc1ccc(-c2csc(N3CCC(C(=O)O)CC3)n2)cc1. The molecule has 6 heteroatoms. The summed E-state index contributed by atoms with van der Waals surface area (Å²) < 4.78 is 5.16. The Morgan fingerprint density at radius 3 is 2.59 bits per heavy atom. The molecule has 0 amide bonds. The van der Waals surface area contributed by atoms with E-state index in [1.165, 1.54) is 0 Å². The minimum Gasteiger partial charge on any atom is -0.497 e. The number of hydrogen-bond acceptors (Lipinski definition) is 5. The molecule has 1 saturated heterocycles. The van der Waals surface area contributed by atoms with Crippen LogP contribution in [0.2, 0.25) is 0 Å². The first-order chi connectivity index (χ1) is 10.7. The van der Waals surface area contributed by atoms with Gasteiger partial charge in [-0.05, 0) is 37.1 Å². The Kier molecular flexibility index (Phi) is 4.29. The Hall–Kier alpha value is -2.08. The summed E-state index contributed by atoms with van der Waals surface area (Å²) >= 11 is 1.61. The van der Waals surface area contributed by atoms with Crippen LogP contribution < -0.4 is 9.64 Å². The van der Waals surface area contributed by atoms with Crippen molar-refractivity contribution in [2.24, 2.45) is 5.92 Å². The van der Waals surface area contributed by atoms with Gasteiger partial charge in [0.25, 0.3) is 0 Å². The lowest BCUT2D eigenvalue weighted by Crippen LogP contribution is -2.36. The van der Waals surface area contributed by atoms with Crippen LogP contribution in [-0.2, 0) is 4.79 Å². The summed E-state index contributed by atoms with van der Waals surface area (Å²) in [5.41, 5.74) is 2.01. The van der Waals surface area contributed by atoms with Gasteiger partial charge in [0.15, 0.2) is 5.13 Å². The summed E-state index contributed by atoms with van der Waals surface area (Å²) in [7, 11) is 1.65. The molecule has 116 valence electrons. The quantitative estimate of drug-likeness (QED) is 0.938. The number of methoxy groups -OCH3 is 1. The first-order valence-electron chi connectivity index (χ1n) is 7.25.